The minimum absolute atomic E-state index is 0.170. The van der Waals surface area contributed by atoms with Crippen LogP contribution in [-0.2, 0) is 18.4 Å². The molecule has 0 unspecified atom stereocenters. The zero-order valence-corrected chi connectivity index (χ0v) is 11.2. The third-order valence-electron chi connectivity index (χ3n) is 2.34. The molecule has 0 aliphatic rings. The van der Waals surface area contributed by atoms with Crippen molar-refractivity contribution in [1.82, 2.24) is 20.3 Å². The molecule has 0 aliphatic heterocycles. The van der Waals surface area contributed by atoms with E-state index in [1.54, 1.807) is 0 Å². The molecule has 2 aromatic rings. The molecular weight excluding hydrogens is 250 g/mol. The topological polar surface area (TPSA) is 110 Å². The Balaban J connectivity index is 1.84. The Hall–Kier alpha value is -1.96. The van der Waals surface area contributed by atoms with E-state index in [4.69, 9.17) is 14.0 Å². The highest BCUT2D eigenvalue weighted by atomic mass is 16.5. The maximum Gasteiger partial charge on any atom is 0.315 e. The molecular formula is C11H17N5O3. The van der Waals surface area contributed by atoms with Gasteiger partial charge in [-0.3, -0.25) is 0 Å². The first-order chi connectivity index (χ1) is 8.99. The average Bonchev–Trinajstić information content (AvgIpc) is 2.96. The van der Waals surface area contributed by atoms with E-state index in [1.807, 2.05) is 20.8 Å². The Labute approximate surface area is 110 Å². The summed E-state index contributed by atoms with van der Waals surface area (Å²) < 4.78 is 10.2. The van der Waals surface area contributed by atoms with Crippen molar-refractivity contribution < 1.29 is 14.0 Å². The summed E-state index contributed by atoms with van der Waals surface area (Å²) in [5.74, 6) is 1.31. The van der Waals surface area contributed by atoms with E-state index >= 15 is 0 Å². The molecule has 2 N–H and O–H groups in total. The van der Waals surface area contributed by atoms with Gasteiger partial charge in [0, 0.05) is 18.4 Å². The summed E-state index contributed by atoms with van der Waals surface area (Å²) in [7, 11) is 0. The van der Waals surface area contributed by atoms with Gasteiger partial charge in [0.25, 0.3) is 5.89 Å². The van der Waals surface area contributed by atoms with Gasteiger partial charge in [0.05, 0.1) is 0 Å². The van der Waals surface area contributed by atoms with Crippen molar-refractivity contribution in [3.05, 3.63) is 17.6 Å². The van der Waals surface area contributed by atoms with Gasteiger partial charge in [-0.25, -0.2) is 0 Å². The van der Waals surface area contributed by atoms with E-state index in [-0.39, 0.29) is 17.9 Å². The molecule has 0 atom stereocenters. The fourth-order valence-corrected chi connectivity index (χ4v) is 1.33. The van der Waals surface area contributed by atoms with Gasteiger partial charge in [0.1, 0.15) is 6.61 Å². The number of rotatable bonds is 5. The van der Waals surface area contributed by atoms with Gasteiger partial charge in [-0.2, -0.15) is 4.98 Å². The lowest BCUT2D eigenvalue weighted by Gasteiger charge is -2.10. The number of hydrogen-bond donors (Lipinski definition) is 2. The molecule has 2 aromatic heterocycles. The molecule has 19 heavy (non-hydrogen) atoms. The second-order valence-corrected chi connectivity index (χ2v) is 5.10. The molecule has 2 heterocycles. The third-order valence-corrected chi connectivity index (χ3v) is 2.34. The van der Waals surface area contributed by atoms with Crippen molar-refractivity contribution in [2.45, 2.75) is 39.2 Å². The van der Waals surface area contributed by atoms with Gasteiger partial charge in [-0.1, -0.05) is 31.0 Å². The maximum absolute atomic E-state index is 8.79. The highest BCUT2D eigenvalue weighted by Crippen LogP contribution is 2.21. The Morgan fingerprint density at radius 2 is 2.05 bits per heavy atom. The van der Waals surface area contributed by atoms with Crippen LogP contribution < -0.4 is 5.32 Å². The summed E-state index contributed by atoms with van der Waals surface area (Å²) in [5, 5.41) is 23.4. The Morgan fingerprint density at radius 3 is 2.63 bits per heavy atom. The molecule has 0 bridgehead atoms. The molecule has 0 radical (unpaired) electrons. The van der Waals surface area contributed by atoms with Crippen molar-refractivity contribution in [2.75, 3.05) is 11.9 Å². The maximum atomic E-state index is 8.79. The second-order valence-electron chi connectivity index (χ2n) is 5.10. The minimum atomic E-state index is -0.251. The van der Waals surface area contributed by atoms with E-state index < -0.39 is 0 Å². The molecule has 0 saturated heterocycles. The predicted molar refractivity (Wildman–Crippen MR) is 65.4 cm³/mol. The van der Waals surface area contributed by atoms with E-state index in [1.165, 1.54) is 0 Å². The monoisotopic (exact) mass is 267 g/mol. The number of nitrogens with one attached hydrogen (secondary N) is 1. The Bertz CT molecular complexity index is 528. The van der Waals surface area contributed by atoms with Gasteiger partial charge in [-0.15, -0.1) is 5.10 Å². The van der Waals surface area contributed by atoms with Crippen LogP contribution in [0.25, 0.3) is 0 Å². The van der Waals surface area contributed by atoms with Crippen LogP contribution in [0.1, 0.15) is 38.4 Å². The van der Waals surface area contributed by atoms with Crippen LogP contribution in [0.5, 0.6) is 0 Å². The highest BCUT2D eigenvalue weighted by molar-refractivity contribution is 5.18. The Kier molecular flexibility index (Phi) is 3.79. The second kappa shape index (κ2) is 5.35. The lowest BCUT2D eigenvalue weighted by Crippen LogP contribution is -2.11. The molecule has 104 valence electrons. The fourth-order valence-electron chi connectivity index (χ4n) is 1.33. The van der Waals surface area contributed by atoms with Crippen LogP contribution in [0, 0.1) is 0 Å². The van der Waals surface area contributed by atoms with E-state index in [0.717, 1.165) is 0 Å². The van der Waals surface area contributed by atoms with Crippen LogP contribution in [-0.4, -0.2) is 32.0 Å². The normalized spacial score (nSPS) is 11.8. The van der Waals surface area contributed by atoms with Crippen molar-refractivity contribution in [3.8, 4) is 0 Å². The molecule has 0 aliphatic carbocycles. The first kappa shape index (κ1) is 13.5. The number of hydrogen-bond acceptors (Lipinski definition) is 8. The van der Waals surface area contributed by atoms with Crippen LogP contribution in [0.3, 0.4) is 0 Å². The lowest BCUT2D eigenvalue weighted by atomic mass is 9.97. The first-order valence-corrected chi connectivity index (χ1v) is 5.99. The Morgan fingerprint density at radius 1 is 1.26 bits per heavy atom. The van der Waals surface area contributed by atoms with Crippen molar-refractivity contribution in [1.29, 1.82) is 0 Å². The van der Waals surface area contributed by atoms with Crippen LogP contribution in [0.4, 0.5) is 6.01 Å². The first-order valence-electron chi connectivity index (χ1n) is 5.99. The fraction of sp³-hybridized carbons (Fsp3) is 0.636. The zero-order valence-electron chi connectivity index (χ0n) is 11.2. The summed E-state index contributed by atoms with van der Waals surface area (Å²) in [6, 6.07) is 0.371. The number of aliphatic hydroxyl groups excluding tert-OH is 1. The van der Waals surface area contributed by atoms with Gasteiger partial charge >= 0.3 is 6.01 Å². The molecule has 0 aromatic carbocycles. The number of aliphatic hydroxyl groups is 1. The quantitative estimate of drug-likeness (QED) is 0.822. The number of anilines is 1. The van der Waals surface area contributed by atoms with Crippen LogP contribution in [0.15, 0.2) is 8.94 Å². The van der Waals surface area contributed by atoms with Crippen LogP contribution >= 0.6 is 0 Å². The van der Waals surface area contributed by atoms with E-state index in [9.17, 15) is 0 Å². The SMILES string of the molecule is CC(C)(C)c1nnc(NCCc2noc(CO)n2)o1. The molecule has 8 nitrogen and oxygen atoms in total. The van der Waals surface area contributed by atoms with Crippen molar-refractivity contribution in [3.63, 3.8) is 0 Å². The summed E-state index contributed by atoms with van der Waals surface area (Å²) in [4.78, 5) is 3.97. The standard InChI is InChI=1S/C11H17N5O3/c1-11(2,3)9-14-15-10(18-9)12-5-4-7-13-8(6-17)19-16-7/h17H,4-6H2,1-3H3,(H,12,15). The molecule has 0 amide bonds. The average molecular weight is 267 g/mol. The summed E-state index contributed by atoms with van der Waals surface area (Å²) in [5.41, 5.74) is -0.170. The van der Waals surface area contributed by atoms with Crippen molar-refractivity contribution >= 4 is 6.01 Å². The molecule has 0 fully saturated rings. The van der Waals surface area contributed by atoms with Crippen LogP contribution in [0.2, 0.25) is 0 Å². The summed E-state index contributed by atoms with van der Waals surface area (Å²) >= 11 is 0. The number of nitrogens with zero attached hydrogens (tertiary/aromatic N) is 4. The van der Waals surface area contributed by atoms with Gasteiger partial charge < -0.3 is 19.4 Å². The van der Waals surface area contributed by atoms with Crippen molar-refractivity contribution in [2.24, 2.45) is 0 Å². The zero-order chi connectivity index (χ0) is 13.9. The highest BCUT2D eigenvalue weighted by Gasteiger charge is 2.21. The summed E-state index contributed by atoms with van der Waals surface area (Å²) in [6.07, 6.45) is 0.538. The number of aromatic nitrogens is 4. The van der Waals surface area contributed by atoms with Gasteiger partial charge in [0.15, 0.2) is 5.82 Å². The predicted octanol–water partition coefficient (Wildman–Crippen LogP) is 0.897. The summed E-state index contributed by atoms with van der Waals surface area (Å²) in [6.45, 7) is 6.29. The molecule has 8 heteroatoms. The van der Waals surface area contributed by atoms with Gasteiger partial charge in [-0.05, 0) is 0 Å². The van der Waals surface area contributed by atoms with Gasteiger partial charge in [0.2, 0.25) is 5.89 Å². The van der Waals surface area contributed by atoms with E-state index in [2.05, 4.69) is 25.7 Å². The molecule has 0 saturated carbocycles. The smallest absolute Gasteiger partial charge is 0.315 e. The van der Waals surface area contributed by atoms with E-state index in [0.29, 0.717) is 30.7 Å². The third kappa shape index (κ3) is 3.50. The largest absolute Gasteiger partial charge is 0.408 e. The molecule has 2 rings (SSSR count). The molecule has 0 spiro atoms. The minimum Gasteiger partial charge on any atom is -0.408 e. The lowest BCUT2D eigenvalue weighted by molar-refractivity contribution is 0.222.